The highest BCUT2D eigenvalue weighted by Gasteiger charge is 2.26. The Labute approximate surface area is 107 Å². The van der Waals surface area contributed by atoms with Crippen LogP contribution in [0.5, 0.6) is 5.75 Å². The molecular formula is C15H18FNO. The van der Waals surface area contributed by atoms with Gasteiger partial charge in [-0.2, -0.15) is 5.26 Å². The van der Waals surface area contributed by atoms with Gasteiger partial charge in [-0.05, 0) is 49.3 Å². The molecule has 96 valence electrons. The molecule has 0 spiro atoms. The lowest BCUT2D eigenvalue weighted by Gasteiger charge is -2.32. The molecule has 0 bridgehead atoms. The van der Waals surface area contributed by atoms with Crippen molar-refractivity contribution < 1.29 is 9.13 Å². The Kier molecular flexibility index (Phi) is 3.86. The number of hydrogen-bond acceptors (Lipinski definition) is 2. The second kappa shape index (κ2) is 5.39. The highest BCUT2D eigenvalue weighted by Crippen LogP contribution is 2.32. The summed E-state index contributed by atoms with van der Waals surface area (Å²) in [4.78, 5) is 0. The Balaban J connectivity index is 2.08. The lowest BCUT2D eigenvalue weighted by Crippen LogP contribution is -2.29. The summed E-state index contributed by atoms with van der Waals surface area (Å²) in [6.45, 7) is 4.50. The van der Waals surface area contributed by atoms with Crippen LogP contribution < -0.4 is 4.74 Å². The van der Waals surface area contributed by atoms with Gasteiger partial charge in [-0.25, -0.2) is 4.39 Å². The molecule has 0 amide bonds. The van der Waals surface area contributed by atoms with Crippen LogP contribution in [-0.4, -0.2) is 6.10 Å². The second-order valence-electron chi connectivity index (χ2n) is 5.26. The molecule has 0 saturated heterocycles. The first-order valence-corrected chi connectivity index (χ1v) is 6.46. The number of nitrogens with zero attached hydrogens (tertiary/aromatic N) is 1. The van der Waals surface area contributed by atoms with Crippen molar-refractivity contribution in [3.63, 3.8) is 0 Å². The zero-order chi connectivity index (χ0) is 13.1. The molecule has 18 heavy (non-hydrogen) atoms. The van der Waals surface area contributed by atoms with E-state index in [1.807, 2.05) is 6.07 Å². The third-order valence-corrected chi connectivity index (χ3v) is 3.91. The smallest absolute Gasteiger partial charge is 0.137 e. The molecule has 1 fully saturated rings. The lowest BCUT2D eigenvalue weighted by molar-refractivity contribution is 0.100. The summed E-state index contributed by atoms with van der Waals surface area (Å²) in [6.07, 6.45) is 3.31. The maximum Gasteiger partial charge on any atom is 0.137 e. The molecule has 2 rings (SSSR count). The quantitative estimate of drug-likeness (QED) is 0.794. The number of halogens is 1. The van der Waals surface area contributed by atoms with Gasteiger partial charge in [0.15, 0.2) is 0 Å². The molecule has 1 aromatic rings. The number of rotatable bonds is 2. The summed E-state index contributed by atoms with van der Waals surface area (Å²) in [6, 6.07) is 6.10. The monoisotopic (exact) mass is 247 g/mol. The van der Waals surface area contributed by atoms with Crippen LogP contribution in [-0.2, 0) is 0 Å². The minimum atomic E-state index is -0.399. The zero-order valence-electron chi connectivity index (χ0n) is 10.8. The molecule has 2 nitrogen and oxygen atoms in total. The van der Waals surface area contributed by atoms with Crippen molar-refractivity contribution >= 4 is 0 Å². The molecule has 1 aliphatic carbocycles. The average Bonchev–Trinajstić information content (AvgIpc) is 2.36. The van der Waals surface area contributed by atoms with Gasteiger partial charge in [-0.15, -0.1) is 0 Å². The van der Waals surface area contributed by atoms with Crippen molar-refractivity contribution in [2.45, 2.75) is 39.2 Å². The third-order valence-electron chi connectivity index (χ3n) is 3.91. The van der Waals surface area contributed by atoms with E-state index < -0.39 is 5.82 Å². The van der Waals surface area contributed by atoms with E-state index in [-0.39, 0.29) is 11.7 Å². The molecule has 0 aromatic heterocycles. The summed E-state index contributed by atoms with van der Waals surface area (Å²) < 4.78 is 18.9. The van der Waals surface area contributed by atoms with Crippen LogP contribution in [0.15, 0.2) is 18.2 Å². The van der Waals surface area contributed by atoms with E-state index in [0.29, 0.717) is 11.7 Å². The van der Waals surface area contributed by atoms with Crippen LogP contribution in [0.1, 0.15) is 38.7 Å². The molecule has 3 atom stereocenters. The highest BCUT2D eigenvalue weighted by atomic mass is 19.1. The summed E-state index contributed by atoms with van der Waals surface area (Å²) in [5.74, 6) is 1.47. The Morgan fingerprint density at radius 2 is 2.06 bits per heavy atom. The van der Waals surface area contributed by atoms with Crippen molar-refractivity contribution in [2.75, 3.05) is 0 Å². The average molecular weight is 247 g/mol. The van der Waals surface area contributed by atoms with E-state index in [0.717, 1.165) is 25.2 Å². The first-order valence-electron chi connectivity index (χ1n) is 6.46. The Hall–Kier alpha value is -1.56. The summed E-state index contributed by atoms with van der Waals surface area (Å²) in [5, 5.41) is 8.97. The van der Waals surface area contributed by atoms with E-state index in [1.165, 1.54) is 12.1 Å². The molecule has 0 N–H and O–H groups in total. The van der Waals surface area contributed by atoms with E-state index in [2.05, 4.69) is 13.8 Å². The second-order valence-corrected chi connectivity index (χ2v) is 5.26. The third kappa shape index (κ3) is 2.81. The number of nitriles is 1. The zero-order valence-corrected chi connectivity index (χ0v) is 10.8. The first kappa shape index (κ1) is 12.9. The molecule has 1 aliphatic rings. The molecule has 1 aromatic carbocycles. The van der Waals surface area contributed by atoms with Crippen molar-refractivity contribution in [3.8, 4) is 11.8 Å². The molecule has 0 radical (unpaired) electrons. The van der Waals surface area contributed by atoms with Gasteiger partial charge in [0, 0.05) is 0 Å². The van der Waals surface area contributed by atoms with Gasteiger partial charge in [0.2, 0.25) is 0 Å². The van der Waals surface area contributed by atoms with Crippen molar-refractivity contribution in [2.24, 2.45) is 11.8 Å². The highest BCUT2D eigenvalue weighted by molar-refractivity contribution is 5.43. The maximum absolute atomic E-state index is 13.0. The molecule has 0 heterocycles. The Morgan fingerprint density at radius 1 is 1.28 bits per heavy atom. The predicted octanol–water partition coefficient (Wildman–Crippen LogP) is 3.90. The largest absolute Gasteiger partial charge is 0.489 e. The van der Waals surface area contributed by atoms with Gasteiger partial charge >= 0.3 is 0 Å². The van der Waals surface area contributed by atoms with Gasteiger partial charge in [0.25, 0.3) is 0 Å². The summed E-state index contributed by atoms with van der Waals surface area (Å²) >= 11 is 0. The fourth-order valence-electron chi connectivity index (χ4n) is 2.48. The Morgan fingerprint density at radius 3 is 2.72 bits per heavy atom. The number of hydrogen-bond donors (Lipinski definition) is 0. The number of ether oxygens (including phenoxy) is 1. The van der Waals surface area contributed by atoms with Crippen molar-refractivity contribution in [1.29, 1.82) is 5.26 Å². The fraction of sp³-hybridized carbons (Fsp3) is 0.533. The molecule has 0 aliphatic heterocycles. The standard InChI is InChI=1S/C15H18FNO/c1-10-3-5-14(7-11(10)2)18-15-6-4-13(16)8-12(15)9-17/h4,6,8,10-11,14H,3,5,7H2,1-2H3. The van der Waals surface area contributed by atoms with Crippen LogP contribution in [0.3, 0.4) is 0 Å². The molecular weight excluding hydrogens is 229 g/mol. The molecule has 1 saturated carbocycles. The van der Waals surface area contributed by atoms with E-state index >= 15 is 0 Å². The molecule has 3 heteroatoms. The van der Waals surface area contributed by atoms with Crippen LogP contribution in [0.25, 0.3) is 0 Å². The lowest BCUT2D eigenvalue weighted by atomic mass is 9.80. The fourth-order valence-corrected chi connectivity index (χ4v) is 2.48. The molecule has 3 unspecified atom stereocenters. The predicted molar refractivity (Wildman–Crippen MR) is 67.7 cm³/mol. The SMILES string of the molecule is CC1CCC(Oc2ccc(F)cc2C#N)CC1C. The first-order chi connectivity index (χ1) is 8.60. The van der Waals surface area contributed by atoms with Crippen LogP contribution in [0.4, 0.5) is 4.39 Å². The maximum atomic E-state index is 13.0. The van der Waals surface area contributed by atoms with Crippen molar-refractivity contribution in [3.05, 3.63) is 29.6 Å². The minimum Gasteiger partial charge on any atom is -0.489 e. The Bertz CT molecular complexity index is 466. The van der Waals surface area contributed by atoms with Gasteiger partial charge in [-0.3, -0.25) is 0 Å². The summed E-state index contributed by atoms with van der Waals surface area (Å²) in [7, 11) is 0. The van der Waals surface area contributed by atoms with Crippen LogP contribution >= 0.6 is 0 Å². The van der Waals surface area contributed by atoms with Gasteiger partial charge in [0.1, 0.15) is 17.6 Å². The van der Waals surface area contributed by atoms with E-state index in [9.17, 15) is 4.39 Å². The van der Waals surface area contributed by atoms with E-state index in [1.54, 1.807) is 6.07 Å². The normalized spacial score (nSPS) is 27.6. The topological polar surface area (TPSA) is 33.0 Å². The van der Waals surface area contributed by atoms with Crippen LogP contribution in [0, 0.1) is 29.0 Å². The van der Waals surface area contributed by atoms with Crippen LogP contribution in [0.2, 0.25) is 0 Å². The van der Waals surface area contributed by atoms with Gasteiger partial charge in [0.05, 0.1) is 11.7 Å². The van der Waals surface area contributed by atoms with Gasteiger partial charge < -0.3 is 4.74 Å². The van der Waals surface area contributed by atoms with Gasteiger partial charge in [-0.1, -0.05) is 13.8 Å². The van der Waals surface area contributed by atoms with E-state index in [4.69, 9.17) is 10.00 Å². The summed E-state index contributed by atoms with van der Waals surface area (Å²) in [5.41, 5.74) is 0.279. The number of benzene rings is 1. The minimum absolute atomic E-state index is 0.147. The van der Waals surface area contributed by atoms with Crippen molar-refractivity contribution in [1.82, 2.24) is 0 Å².